The van der Waals surface area contributed by atoms with Gasteiger partial charge in [0, 0.05) is 6.42 Å². The summed E-state index contributed by atoms with van der Waals surface area (Å²) in [5.74, 6) is -0.286. The largest absolute Gasteiger partial charge is 0.394 e. The highest BCUT2D eigenvalue weighted by Crippen LogP contribution is 2.33. The van der Waals surface area contributed by atoms with Crippen LogP contribution in [-0.4, -0.2) is 193 Å². The molecule has 3 heterocycles. The Bertz CT molecular complexity index is 2190. The molecule has 0 aromatic heterocycles. The van der Waals surface area contributed by atoms with Gasteiger partial charge in [-0.05, 0) is 77.0 Å². The first kappa shape index (κ1) is 90.9. The SMILES string of the molecule is CC/C=C\C/C=C\C/C=C\C/C=C\C/C=C\C/C=C\C/C=C\C/C=C\CCCCC(=O)NC(COC1OC(CO)C(OC2OC(CO)C(OC3OC(CO)C(O)C(O)C3O)C(O)C2O)C(O)C1O)C(O)CCCCCCCCCCCCCCCCCCCCCCCCCCCCCC. The zero-order valence-corrected chi connectivity index (χ0v) is 61.6. The molecule has 0 aromatic carbocycles. The Kier molecular flexibility index (Phi) is 55.4. The molecule has 100 heavy (non-hydrogen) atoms. The van der Waals surface area contributed by atoms with Gasteiger partial charge in [0.15, 0.2) is 18.9 Å². The third kappa shape index (κ3) is 40.8. The monoisotopic (exact) mass is 1420 g/mol. The molecular formula is C81H141NO18. The fourth-order valence-corrected chi connectivity index (χ4v) is 12.9. The molecule has 3 fully saturated rings. The smallest absolute Gasteiger partial charge is 0.220 e. The van der Waals surface area contributed by atoms with Crippen molar-refractivity contribution in [2.75, 3.05) is 26.4 Å². The normalized spacial score (nSPS) is 27.0. The van der Waals surface area contributed by atoms with E-state index in [0.29, 0.717) is 19.3 Å². The highest BCUT2D eigenvalue weighted by molar-refractivity contribution is 5.76. The number of allylic oxidation sites excluding steroid dienone is 16. The van der Waals surface area contributed by atoms with Gasteiger partial charge in [0.25, 0.3) is 0 Å². The second-order valence-electron chi connectivity index (χ2n) is 27.8. The number of carbonyl (C=O) groups excluding carboxylic acids is 1. The van der Waals surface area contributed by atoms with E-state index in [0.717, 1.165) is 83.5 Å². The van der Waals surface area contributed by atoms with Crippen LogP contribution in [0.5, 0.6) is 0 Å². The van der Waals surface area contributed by atoms with Crippen LogP contribution >= 0.6 is 0 Å². The summed E-state index contributed by atoms with van der Waals surface area (Å²) in [7, 11) is 0. The van der Waals surface area contributed by atoms with Crippen LogP contribution < -0.4 is 5.32 Å². The predicted octanol–water partition coefficient (Wildman–Crippen LogP) is 12.8. The van der Waals surface area contributed by atoms with Gasteiger partial charge < -0.3 is 89.9 Å². The maximum absolute atomic E-state index is 13.5. The first-order valence-electron chi connectivity index (χ1n) is 39.5. The number of amides is 1. The molecule has 19 nitrogen and oxygen atoms in total. The van der Waals surface area contributed by atoms with E-state index >= 15 is 0 Å². The molecule has 3 saturated heterocycles. The van der Waals surface area contributed by atoms with Crippen molar-refractivity contribution in [2.45, 2.75) is 381 Å². The minimum absolute atomic E-state index is 0.205. The van der Waals surface area contributed by atoms with Gasteiger partial charge in [-0.15, -0.1) is 0 Å². The van der Waals surface area contributed by atoms with Crippen molar-refractivity contribution in [3.05, 3.63) is 97.2 Å². The molecule has 1 amide bonds. The number of rotatable bonds is 61. The molecule has 578 valence electrons. The first-order chi connectivity index (χ1) is 48.8. The molecule has 19 heteroatoms. The zero-order chi connectivity index (χ0) is 72.5. The van der Waals surface area contributed by atoms with Gasteiger partial charge in [-0.2, -0.15) is 0 Å². The number of nitrogens with one attached hydrogen (secondary N) is 1. The Labute approximate surface area is 603 Å². The lowest BCUT2D eigenvalue weighted by Gasteiger charge is -2.48. The zero-order valence-electron chi connectivity index (χ0n) is 61.6. The van der Waals surface area contributed by atoms with E-state index in [4.69, 9.17) is 28.4 Å². The maximum Gasteiger partial charge on any atom is 0.220 e. The van der Waals surface area contributed by atoms with Crippen LogP contribution in [0.2, 0.25) is 0 Å². The summed E-state index contributed by atoms with van der Waals surface area (Å²) in [5.41, 5.74) is 0. The summed E-state index contributed by atoms with van der Waals surface area (Å²) in [6.07, 6.45) is 54.9. The van der Waals surface area contributed by atoms with Gasteiger partial charge in [0.2, 0.25) is 5.91 Å². The van der Waals surface area contributed by atoms with Crippen LogP contribution in [-0.2, 0) is 33.2 Å². The standard InChI is InChI=1S/C81H141NO18/c1-3-5-7-9-11-13-15-17-19-21-23-25-27-29-31-33-34-36-38-40-42-44-46-48-50-52-54-56-58-65(86)64(82-69(87)59-57-55-53-51-49-47-45-43-41-39-37-35-32-30-28-26-24-22-20-18-16-14-12-10-8-6-4-2)63-95-79-75(93)72(90)77(67(61-84)97-79)100-81-76(94)73(91)78(68(62-85)98-81)99-80-74(92)71(89)70(88)66(60-83)96-80/h6,8,12,14,18,20,24,26,30,32,37,39,43,45,49,51,64-68,70-81,83-86,88-94H,3-5,7,9-11,13,15-17,19,21-23,25,27-29,31,33-36,38,40-42,44,46-48,50,52-63H2,1-2H3,(H,82,87)/b8-6-,14-12-,20-18-,26-24-,32-30-,39-37-,45-43-,51-49-. The Hall–Kier alpha value is -3.29. The van der Waals surface area contributed by atoms with E-state index in [9.17, 15) is 61.0 Å². The lowest BCUT2D eigenvalue weighted by atomic mass is 9.96. The van der Waals surface area contributed by atoms with Crippen molar-refractivity contribution in [1.82, 2.24) is 5.32 Å². The summed E-state index contributed by atoms with van der Waals surface area (Å²) in [6.45, 7) is 1.68. The van der Waals surface area contributed by atoms with Crippen LogP contribution in [0.3, 0.4) is 0 Å². The van der Waals surface area contributed by atoms with E-state index in [1.165, 1.54) is 154 Å². The fraction of sp³-hybridized carbons (Fsp3) is 0.790. The summed E-state index contributed by atoms with van der Waals surface area (Å²) >= 11 is 0. The second kappa shape index (κ2) is 60.9. The lowest BCUT2D eigenvalue weighted by molar-refractivity contribution is -0.379. The number of ether oxygens (including phenoxy) is 6. The van der Waals surface area contributed by atoms with E-state index in [-0.39, 0.29) is 18.9 Å². The van der Waals surface area contributed by atoms with Crippen molar-refractivity contribution in [3.63, 3.8) is 0 Å². The first-order valence-corrected chi connectivity index (χ1v) is 39.5. The van der Waals surface area contributed by atoms with E-state index in [1.54, 1.807) is 0 Å². The fourth-order valence-electron chi connectivity index (χ4n) is 12.9. The summed E-state index contributed by atoms with van der Waals surface area (Å²) in [6, 6.07) is -0.920. The van der Waals surface area contributed by atoms with Crippen molar-refractivity contribution >= 4 is 5.91 Å². The second-order valence-corrected chi connectivity index (χ2v) is 27.8. The lowest BCUT2D eigenvalue weighted by Crippen LogP contribution is -2.66. The van der Waals surface area contributed by atoms with Gasteiger partial charge in [0.1, 0.15) is 73.2 Å². The molecule has 3 aliphatic rings. The Morgan fingerprint density at radius 3 is 1.06 bits per heavy atom. The Balaban J connectivity index is 1.40. The number of hydrogen-bond donors (Lipinski definition) is 12. The third-order valence-electron chi connectivity index (χ3n) is 19.2. The molecule has 0 bridgehead atoms. The predicted molar refractivity (Wildman–Crippen MR) is 397 cm³/mol. The Morgan fingerprint density at radius 2 is 0.690 bits per heavy atom. The summed E-state index contributed by atoms with van der Waals surface area (Å²) in [5, 5.41) is 121. The highest BCUT2D eigenvalue weighted by atomic mass is 16.8. The molecule has 3 rings (SSSR count). The van der Waals surface area contributed by atoms with Crippen molar-refractivity contribution in [3.8, 4) is 0 Å². The van der Waals surface area contributed by atoms with E-state index < -0.39 is 124 Å². The number of unbranched alkanes of at least 4 members (excludes halogenated alkanes) is 29. The Morgan fingerprint density at radius 1 is 0.370 bits per heavy atom. The van der Waals surface area contributed by atoms with Crippen molar-refractivity contribution in [1.29, 1.82) is 0 Å². The number of aliphatic hydroxyl groups is 11. The van der Waals surface area contributed by atoms with Crippen LogP contribution in [0.1, 0.15) is 277 Å². The van der Waals surface area contributed by atoms with Crippen LogP contribution in [0, 0.1) is 0 Å². The third-order valence-corrected chi connectivity index (χ3v) is 19.2. The molecule has 3 aliphatic heterocycles. The molecule has 17 unspecified atom stereocenters. The quantitative estimate of drug-likeness (QED) is 0.0199. The molecule has 0 aromatic rings. The average molecular weight is 1420 g/mol. The number of aliphatic hydroxyl groups excluding tert-OH is 11. The number of carbonyl (C=O) groups is 1. The van der Waals surface area contributed by atoms with Crippen molar-refractivity contribution in [2.24, 2.45) is 0 Å². The summed E-state index contributed by atoms with van der Waals surface area (Å²) in [4.78, 5) is 13.5. The van der Waals surface area contributed by atoms with Gasteiger partial charge in [-0.3, -0.25) is 4.79 Å². The van der Waals surface area contributed by atoms with Gasteiger partial charge in [-0.1, -0.05) is 291 Å². The topological polar surface area (TPSA) is 307 Å². The molecule has 0 radical (unpaired) electrons. The van der Waals surface area contributed by atoms with E-state index in [1.807, 2.05) is 0 Å². The van der Waals surface area contributed by atoms with Crippen LogP contribution in [0.25, 0.3) is 0 Å². The molecule has 12 N–H and O–H groups in total. The molecule has 0 saturated carbocycles. The molecule has 0 spiro atoms. The minimum Gasteiger partial charge on any atom is -0.394 e. The van der Waals surface area contributed by atoms with Gasteiger partial charge in [-0.25, -0.2) is 0 Å². The van der Waals surface area contributed by atoms with Crippen LogP contribution in [0.15, 0.2) is 97.2 Å². The molecule has 0 aliphatic carbocycles. The molecule has 17 atom stereocenters. The van der Waals surface area contributed by atoms with Gasteiger partial charge in [0.05, 0.1) is 38.6 Å². The average Bonchev–Trinajstić information content (AvgIpc) is 0.783. The van der Waals surface area contributed by atoms with Crippen LogP contribution in [0.4, 0.5) is 0 Å². The van der Waals surface area contributed by atoms with Crippen molar-refractivity contribution < 1.29 is 89.4 Å². The summed E-state index contributed by atoms with van der Waals surface area (Å²) < 4.78 is 34.5. The van der Waals surface area contributed by atoms with Gasteiger partial charge >= 0.3 is 0 Å². The number of hydrogen-bond acceptors (Lipinski definition) is 18. The highest BCUT2D eigenvalue weighted by Gasteiger charge is 2.54. The van der Waals surface area contributed by atoms with E-state index in [2.05, 4.69) is 116 Å². The molecular weight excluding hydrogens is 1270 g/mol. The maximum atomic E-state index is 13.5. The minimum atomic E-state index is -1.98.